The zero-order valence-electron chi connectivity index (χ0n) is 11.4. The van der Waals surface area contributed by atoms with Crippen LogP contribution in [0.25, 0.3) is 0 Å². The van der Waals surface area contributed by atoms with E-state index in [2.05, 4.69) is 10.1 Å². The molecule has 1 fully saturated rings. The monoisotopic (exact) mass is 302 g/mol. The van der Waals surface area contributed by atoms with Gasteiger partial charge in [-0.05, 0) is 25.0 Å². The number of nitrogens with zero attached hydrogens (tertiary/aromatic N) is 3. The lowest BCUT2D eigenvalue weighted by atomic mass is 10.2. The first-order chi connectivity index (χ1) is 9.93. The van der Waals surface area contributed by atoms with Crippen molar-refractivity contribution < 1.29 is 18.4 Å². The van der Waals surface area contributed by atoms with Crippen LogP contribution in [0, 0.1) is 0 Å². The average Bonchev–Trinajstić information content (AvgIpc) is 2.74. The van der Waals surface area contributed by atoms with E-state index in [1.165, 1.54) is 6.07 Å². The van der Waals surface area contributed by atoms with Crippen molar-refractivity contribution in [1.29, 1.82) is 0 Å². The molecule has 0 saturated carbocycles. The summed E-state index contributed by atoms with van der Waals surface area (Å²) in [6, 6.07) is 2.04. The van der Waals surface area contributed by atoms with Gasteiger partial charge in [0.05, 0.1) is 5.56 Å². The van der Waals surface area contributed by atoms with Crippen LogP contribution in [0.1, 0.15) is 36.9 Å². The van der Waals surface area contributed by atoms with Crippen LogP contribution in [0.4, 0.5) is 19.0 Å². The van der Waals surface area contributed by atoms with Gasteiger partial charge in [-0.3, -0.25) is 0 Å². The van der Waals surface area contributed by atoms with Crippen LogP contribution in [0.15, 0.2) is 17.3 Å². The first kappa shape index (κ1) is 15.4. The third-order valence-corrected chi connectivity index (χ3v) is 3.45. The minimum atomic E-state index is -4.52. The lowest BCUT2D eigenvalue weighted by Gasteiger charge is -2.24. The zero-order chi connectivity index (χ0) is 15.5. The van der Waals surface area contributed by atoms with E-state index in [9.17, 15) is 13.2 Å². The van der Waals surface area contributed by atoms with E-state index in [4.69, 9.17) is 10.9 Å². The van der Waals surface area contributed by atoms with E-state index in [0.717, 1.165) is 31.7 Å². The summed E-state index contributed by atoms with van der Waals surface area (Å²) in [7, 11) is 0. The molecule has 1 aromatic rings. The van der Waals surface area contributed by atoms with Crippen molar-refractivity contribution in [1.82, 2.24) is 4.98 Å². The number of hydrogen-bond acceptors (Lipinski definition) is 4. The third-order valence-electron chi connectivity index (χ3n) is 3.45. The van der Waals surface area contributed by atoms with Gasteiger partial charge in [-0.2, -0.15) is 13.2 Å². The van der Waals surface area contributed by atoms with Gasteiger partial charge in [0.2, 0.25) is 0 Å². The molecule has 8 heteroatoms. The van der Waals surface area contributed by atoms with Gasteiger partial charge in [0.1, 0.15) is 11.5 Å². The molecule has 0 unspecified atom stereocenters. The first-order valence-corrected chi connectivity index (χ1v) is 6.74. The van der Waals surface area contributed by atoms with Crippen LogP contribution in [0.2, 0.25) is 0 Å². The SMILES string of the molecule is NC(=NO)c1ccc(C(F)(F)F)nc1N1CCCCCC1. The summed E-state index contributed by atoms with van der Waals surface area (Å²) in [6.07, 6.45) is -0.686. The Balaban J connectivity index is 2.47. The van der Waals surface area contributed by atoms with E-state index in [1.807, 2.05) is 0 Å². The second-order valence-electron chi connectivity index (χ2n) is 4.95. The molecule has 116 valence electrons. The standard InChI is InChI=1S/C13H17F3N4O/c14-13(15,16)10-6-5-9(11(17)19-21)12(18-10)20-7-3-1-2-4-8-20/h5-6,21H,1-4,7-8H2,(H2,17,19). The second-order valence-corrected chi connectivity index (χ2v) is 4.95. The van der Waals surface area contributed by atoms with Crippen LogP contribution in [-0.4, -0.2) is 29.1 Å². The topological polar surface area (TPSA) is 74.7 Å². The van der Waals surface area contributed by atoms with Crippen molar-refractivity contribution in [3.05, 3.63) is 23.4 Å². The Morgan fingerprint density at radius 1 is 1.19 bits per heavy atom. The predicted molar refractivity (Wildman–Crippen MR) is 72.4 cm³/mol. The molecule has 1 aromatic heterocycles. The molecule has 0 spiro atoms. The van der Waals surface area contributed by atoms with Crippen molar-refractivity contribution in [2.75, 3.05) is 18.0 Å². The Kier molecular flexibility index (Phi) is 4.54. The Morgan fingerprint density at radius 2 is 1.81 bits per heavy atom. The molecule has 1 aliphatic rings. The highest BCUT2D eigenvalue weighted by atomic mass is 19.4. The summed E-state index contributed by atoms with van der Waals surface area (Å²) in [5.74, 6) is -0.113. The third kappa shape index (κ3) is 3.56. The minimum Gasteiger partial charge on any atom is -0.409 e. The molecule has 5 nitrogen and oxygen atoms in total. The summed E-state index contributed by atoms with van der Waals surface area (Å²) in [5.41, 5.74) is 4.79. The number of rotatable bonds is 2. The number of pyridine rings is 1. The number of amidine groups is 1. The molecular formula is C13H17F3N4O. The Labute approximate surface area is 120 Å². The van der Waals surface area contributed by atoms with E-state index >= 15 is 0 Å². The fraction of sp³-hybridized carbons (Fsp3) is 0.538. The summed E-state index contributed by atoms with van der Waals surface area (Å²) < 4.78 is 38.5. The number of hydrogen-bond donors (Lipinski definition) is 2. The fourth-order valence-electron chi connectivity index (χ4n) is 2.38. The van der Waals surface area contributed by atoms with Crippen LogP contribution in [0.3, 0.4) is 0 Å². The Morgan fingerprint density at radius 3 is 2.33 bits per heavy atom. The molecule has 2 rings (SSSR count). The lowest BCUT2D eigenvalue weighted by Crippen LogP contribution is -2.29. The van der Waals surface area contributed by atoms with Crippen molar-refractivity contribution in [3.8, 4) is 0 Å². The van der Waals surface area contributed by atoms with E-state index in [1.54, 1.807) is 4.90 Å². The molecule has 0 aliphatic carbocycles. The van der Waals surface area contributed by atoms with Gasteiger partial charge in [-0.25, -0.2) is 4.98 Å². The summed E-state index contributed by atoms with van der Waals surface area (Å²) >= 11 is 0. The molecule has 0 atom stereocenters. The number of oxime groups is 1. The maximum atomic E-state index is 12.8. The van der Waals surface area contributed by atoms with E-state index in [-0.39, 0.29) is 17.2 Å². The number of alkyl halides is 3. The van der Waals surface area contributed by atoms with Gasteiger partial charge >= 0.3 is 6.18 Å². The zero-order valence-corrected chi connectivity index (χ0v) is 11.4. The highest BCUT2D eigenvalue weighted by Crippen LogP contribution is 2.31. The quantitative estimate of drug-likeness (QED) is 0.381. The van der Waals surface area contributed by atoms with Gasteiger partial charge in [-0.15, -0.1) is 0 Å². The normalized spacial score (nSPS) is 17.7. The minimum absolute atomic E-state index is 0.127. The molecule has 0 radical (unpaired) electrons. The second kappa shape index (κ2) is 6.19. The van der Waals surface area contributed by atoms with Crippen LogP contribution in [-0.2, 0) is 6.18 Å². The summed E-state index contributed by atoms with van der Waals surface area (Å²) in [5, 5.41) is 11.7. The Bertz CT molecular complexity index is 523. The number of halogens is 3. The fourth-order valence-corrected chi connectivity index (χ4v) is 2.38. The van der Waals surface area contributed by atoms with Gasteiger partial charge in [0.15, 0.2) is 5.84 Å². The number of anilines is 1. The Hall–Kier alpha value is -1.99. The molecule has 21 heavy (non-hydrogen) atoms. The summed E-state index contributed by atoms with van der Waals surface area (Å²) in [4.78, 5) is 5.48. The highest BCUT2D eigenvalue weighted by Gasteiger charge is 2.34. The molecule has 1 aliphatic heterocycles. The number of nitrogens with two attached hydrogens (primary N) is 1. The van der Waals surface area contributed by atoms with Crippen molar-refractivity contribution in [2.24, 2.45) is 10.9 Å². The maximum Gasteiger partial charge on any atom is 0.433 e. The first-order valence-electron chi connectivity index (χ1n) is 6.74. The van der Waals surface area contributed by atoms with Gasteiger partial charge < -0.3 is 15.8 Å². The molecule has 0 aromatic carbocycles. The maximum absolute atomic E-state index is 12.8. The van der Waals surface area contributed by atoms with E-state index < -0.39 is 11.9 Å². The van der Waals surface area contributed by atoms with Gasteiger partial charge in [-0.1, -0.05) is 18.0 Å². The highest BCUT2D eigenvalue weighted by molar-refractivity contribution is 6.01. The largest absolute Gasteiger partial charge is 0.433 e. The molecule has 3 N–H and O–H groups in total. The van der Waals surface area contributed by atoms with Gasteiger partial charge in [0.25, 0.3) is 0 Å². The lowest BCUT2D eigenvalue weighted by molar-refractivity contribution is -0.141. The van der Waals surface area contributed by atoms with Crippen LogP contribution in [0.5, 0.6) is 0 Å². The van der Waals surface area contributed by atoms with Crippen molar-refractivity contribution in [2.45, 2.75) is 31.9 Å². The van der Waals surface area contributed by atoms with Crippen LogP contribution >= 0.6 is 0 Å². The molecule has 1 saturated heterocycles. The molecule has 0 bridgehead atoms. The average molecular weight is 302 g/mol. The van der Waals surface area contributed by atoms with Crippen molar-refractivity contribution in [3.63, 3.8) is 0 Å². The smallest absolute Gasteiger partial charge is 0.409 e. The predicted octanol–water partition coefficient (Wildman–Crippen LogP) is 2.58. The van der Waals surface area contributed by atoms with E-state index in [0.29, 0.717) is 13.1 Å². The molecule has 2 heterocycles. The summed E-state index contributed by atoms with van der Waals surface area (Å²) in [6.45, 7) is 1.22. The molecular weight excluding hydrogens is 285 g/mol. The van der Waals surface area contributed by atoms with Crippen molar-refractivity contribution >= 4 is 11.7 Å². The van der Waals surface area contributed by atoms with Gasteiger partial charge in [0, 0.05) is 13.1 Å². The van der Waals surface area contributed by atoms with Crippen LogP contribution < -0.4 is 10.6 Å². The number of aromatic nitrogens is 1. The molecule has 0 amide bonds.